The summed E-state index contributed by atoms with van der Waals surface area (Å²) in [6, 6.07) is 4.71. The van der Waals surface area contributed by atoms with Crippen molar-refractivity contribution in [2.75, 3.05) is 31.1 Å². The van der Waals surface area contributed by atoms with Crippen molar-refractivity contribution in [3.05, 3.63) is 33.3 Å². The Balaban J connectivity index is 2.05. The maximum Gasteiger partial charge on any atom is 0.294 e. The number of nitrogens with zero attached hydrogens (tertiary/aromatic N) is 3. The molecule has 0 N–H and O–H groups in total. The number of carbonyl (C=O) groups is 1. The second kappa shape index (κ2) is 7.64. The minimum absolute atomic E-state index is 0.0108. The average Bonchev–Trinajstić information content (AvgIpc) is 2.54. The Labute approximate surface area is 141 Å². The lowest BCUT2D eigenvalue weighted by Crippen LogP contribution is -2.50. The molecule has 1 fully saturated rings. The summed E-state index contributed by atoms with van der Waals surface area (Å²) in [4.78, 5) is 26.9. The van der Waals surface area contributed by atoms with Crippen LogP contribution in [0.3, 0.4) is 0 Å². The van der Waals surface area contributed by atoms with Crippen molar-refractivity contribution >= 4 is 28.9 Å². The number of amides is 1. The second-order valence-corrected chi connectivity index (χ2v) is 6.33. The smallest absolute Gasteiger partial charge is 0.294 e. The number of benzene rings is 1. The molecule has 2 rings (SSSR count). The number of piperazine rings is 1. The fourth-order valence-corrected chi connectivity index (χ4v) is 3.11. The van der Waals surface area contributed by atoms with Gasteiger partial charge in [-0.2, -0.15) is 0 Å². The third-order valence-electron chi connectivity index (χ3n) is 4.21. The zero-order valence-electron chi connectivity index (χ0n) is 13.5. The predicted octanol–water partition coefficient (Wildman–Crippen LogP) is 3.33. The quantitative estimate of drug-likeness (QED) is 0.609. The Kier molecular flexibility index (Phi) is 5.82. The first-order valence-corrected chi connectivity index (χ1v) is 8.29. The van der Waals surface area contributed by atoms with Crippen molar-refractivity contribution in [1.29, 1.82) is 0 Å². The topological polar surface area (TPSA) is 66.7 Å². The monoisotopic (exact) mass is 339 g/mol. The minimum Gasteiger partial charge on any atom is -0.362 e. The second-order valence-electron chi connectivity index (χ2n) is 5.89. The Morgan fingerprint density at radius 1 is 1.35 bits per heavy atom. The number of carbonyl (C=O) groups excluding carboxylic acids is 1. The molecule has 23 heavy (non-hydrogen) atoms. The summed E-state index contributed by atoms with van der Waals surface area (Å²) in [6.07, 6.45) is 1.88. The van der Waals surface area contributed by atoms with Crippen LogP contribution >= 0.6 is 11.6 Å². The third-order valence-corrected chi connectivity index (χ3v) is 4.44. The molecule has 1 atom stereocenters. The lowest BCUT2D eigenvalue weighted by molar-refractivity contribution is -0.384. The average molecular weight is 340 g/mol. The van der Waals surface area contributed by atoms with E-state index in [1.165, 1.54) is 6.07 Å². The molecule has 0 aromatic heterocycles. The van der Waals surface area contributed by atoms with Crippen LogP contribution in [-0.2, 0) is 4.79 Å². The maximum absolute atomic E-state index is 12.3. The van der Waals surface area contributed by atoms with E-state index < -0.39 is 4.92 Å². The van der Waals surface area contributed by atoms with Gasteiger partial charge < -0.3 is 9.80 Å². The van der Waals surface area contributed by atoms with Crippen LogP contribution in [0.2, 0.25) is 5.02 Å². The van der Waals surface area contributed by atoms with Gasteiger partial charge in [-0.3, -0.25) is 14.9 Å². The molecular weight excluding hydrogens is 318 g/mol. The van der Waals surface area contributed by atoms with Gasteiger partial charge in [0, 0.05) is 43.2 Å². The highest BCUT2D eigenvalue weighted by atomic mass is 35.5. The van der Waals surface area contributed by atoms with Crippen molar-refractivity contribution in [2.45, 2.75) is 26.7 Å². The van der Waals surface area contributed by atoms with Crippen molar-refractivity contribution in [2.24, 2.45) is 5.92 Å². The lowest BCUT2D eigenvalue weighted by atomic mass is 10.0. The summed E-state index contributed by atoms with van der Waals surface area (Å²) >= 11 is 5.85. The first-order valence-electron chi connectivity index (χ1n) is 7.91. The first kappa shape index (κ1) is 17.5. The van der Waals surface area contributed by atoms with Gasteiger partial charge in [0.05, 0.1) is 4.92 Å². The van der Waals surface area contributed by atoms with E-state index in [9.17, 15) is 14.9 Å². The van der Waals surface area contributed by atoms with E-state index in [2.05, 4.69) is 6.92 Å². The molecule has 1 unspecified atom stereocenters. The molecule has 1 amide bonds. The largest absolute Gasteiger partial charge is 0.362 e. The highest BCUT2D eigenvalue weighted by Crippen LogP contribution is 2.31. The molecule has 0 aliphatic carbocycles. The lowest BCUT2D eigenvalue weighted by Gasteiger charge is -2.37. The highest BCUT2D eigenvalue weighted by molar-refractivity contribution is 6.30. The van der Waals surface area contributed by atoms with Crippen molar-refractivity contribution in [3.63, 3.8) is 0 Å². The zero-order valence-corrected chi connectivity index (χ0v) is 14.3. The molecule has 1 aliphatic heterocycles. The summed E-state index contributed by atoms with van der Waals surface area (Å²) < 4.78 is 0. The highest BCUT2D eigenvalue weighted by Gasteiger charge is 2.27. The summed E-state index contributed by atoms with van der Waals surface area (Å²) in [5.41, 5.74) is 0.574. The minimum atomic E-state index is -0.415. The predicted molar refractivity (Wildman–Crippen MR) is 91.0 cm³/mol. The van der Waals surface area contributed by atoms with Gasteiger partial charge in [0.1, 0.15) is 5.69 Å². The Morgan fingerprint density at radius 3 is 2.57 bits per heavy atom. The molecule has 0 saturated carbocycles. The van der Waals surface area contributed by atoms with E-state index >= 15 is 0 Å². The Morgan fingerprint density at radius 2 is 2.00 bits per heavy atom. The van der Waals surface area contributed by atoms with Crippen LogP contribution in [-0.4, -0.2) is 41.9 Å². The SMILES string of the molecule is CCCC(C)C(=O)N1CCN(c2ccc(Cl)cc2[N+](=O)[O-])CC1. The number of hydrogen-bond acceptors (Lipinski definition) is 4. The number of rotatable bonds is 5. The van der Waals surface area contributed by atoms with Crippen LogP contribution in [0.1, 0.15) is 26.7 Å². The molecule has 0 radical (unpaired) electrons. The normalized spacial score (nSPS) is 16.3. The van der Waals surface area contributed by atoms with Crippen molar-refractivity contribution < 1.29 is 9.72 Å². The molecule has 0 spiro atoms. The van der Waals surface area contributed by atoms with E-state index in [4.69, 9.17) is 11.6 Å². The Bertz CT molecular complexity index is 586. The number of nitro benzene ring substituents is 1. The fourth-order valence-electron chi connectivity index (χ4n) is 2.95. The molecule has 1 heterocycles. The molecular formula is C16H22ClN3O3. The number of halogens is 1. The molecule has 1 aromatic carbocycles. The molecule has 1 aliphatic rings. The van der Waals surface area contributed by atoms with Gasteiger partial charge >= 0.3 is 0 Å². The summed E-state index contributed by atoms with van der Waals surface area (Å²) in [5.74, 6) is 0.216. The van der Waals surface area contributed by atoms with Crippen LogP contribution in [0.15, 0.2) is 18.2 Å². The van der Waals surface area contributed by atoms with Gasteiger partial charge in [-0.15, -0.1) is 0 Å². The van der Waals surface area contributed by atoms with Crippen LogP contribution < -0.4 is 4.90 Å². The first-order chi connectivity index (χ1) is 10.9. The Hall–Kier alpha value is -1.82. The van der Waals surface area contributed by atoms with Crippen molar-refractivity contribution in [3.8, 4) is 0 Å². The van der Waals surface area contributed by atoms with Gasteiger partial charge in [-0.25, -0.2) is 0 Å². The maximum atomic E-state index is 12.3. The van der Waals surface area contributed by atoms with E-state index in [1.807, 2.05) is 16.7 Å². The van der Waals surface area contributed by atoms with Gasteiger partial charge in [-0.05, 0) is 18.6 Å². The third kappa shape index (κ3) is 4.13. The standard InChI is InChI=1S/C16H22ClN3O3/c1-3-4-12(2)16(21)19-9-7-18(8-10-19)14-6-5-13(17)11-15(14)20(22)23/h5-6,11-12H,3-4,7-10H2,1-2H3. The molecule has 126 valence electrons. The number of nitro groups is 1. The molecule has 1 aromatic rings. The number of hydrogen-bond donors (Lipinski definition) is 0. The van der Waals surface area contributed by atoms with Gasteiger partial charge in [0.2, 0.25) is 5.91 Å². The van der Waals surface area contributed by atoms with Gasteiger partial charge in [-0.1, -0.05) is 31.9 Å². The van der Waals surface area contributed by atoms with Crippen LogP contribution in [0.4, 0.5) is 11.4 Å². The summed E-state index contributed by atoms with van der Waals surface area (Å²) in [6.45, 7) is 6.39. The molecule has 0 bridgehead atoms. The fraction of sp³-hybridized carbons (Fsp3) is 0.562. The number of anilines is 1. The van der Waals surface area contributed by atoms with Gasteiger partial charge in [0.25, 0.3) is 5.69 Å². The summed E-state index contributed by atoms with van der Waals surface area (Å²) in [7, 11) is 0. The van der Waals surface area contributed by atoms with Gasteiger partial charge in [0.15, 0.2) is 0 Å². The molecule has 6 nitrogen and oxygen atoms in total. The molecule has 1 saturated heterocycles. The van der Waals surface area contributed by atoms with Crippen LogP contribution in [0.25, 0.3) is 0 Å². The van der Waals surface area contributed by atoms with E-state index in [0.29, 0.717) is 36.9 Å². The van der Waals surface area contributed by atoms with Crippen LogP contribution in [0.5, 0.6) is 0 Å². The van der Waals surface area contributed by atoms with E-state index in [1.54, 1.807) is 12.1 Å². The van der Waals surface area contributed by atoms with E-state index in [0.717, 1.165) is 12.8 Å². The zero-order chi connectivity index (χ0) is 17.0. The van der Waals surface area contributed by atoms with Crippen LogP contribution in [0, 0.1) is 16.0 Å². The molecule has 7 heteroatoms. The van der Waals surface area contributed by atoms with Crippen molar-refractivity contribution in [1.82, 2.24) is 4.90 Å². The van der Waals surface area contributed by atoms with E-state index in [-0.39, 0.29) is 17.5 Å². The summed E-state index contributed by atoms with van der Waals surface area (Å²) in [5, 5.41) is 11.6.